The van der Waals surface area contributed by atoms with Crippen molar-refractivity contribution in [3.8, 4) is 0 Å². The smallest absolute Gasteiger partial charge is 0.257 e. The summed E-state index contributed by atoms with van der Waals surface area (Å²) in [7, 11) is 0. The van der Waals surface area contributed by atoms with Crippen LogP contribution in [0.5, 0.6) is 0 Å². The molecule has 3 aromatic rings. The van der Waals surface area contributed by atoms with Gasteiger partial charge in [-0.2, -0.15) is 0 Å². The van der Waals surface area contributed by atoms with Crippen molar-refractivity contribution in [3.63, 3.8) is 0 Å². The molecule has 0 spiro atoms. The molecular weight excluding hydrogens is 366 g/mol. The summed E-state index contributed by atoms with van der Waals surface area (Å²) in [5, 5.41) is 6.14. The Morgan fingerprint density at radius 2 is 1.83 bits per heavy atom. The predicted octanol–water partition coefficient (Wildman–Crippen LogP) is 5.15. The van der Waals surface area contributed by atoms with Gasteiger partial charge >= 0.3 is 0 Å². The second kappa shape index (κ2) is 7.27. The van der Waals surface area contributed by atoms with Crippen LogP contribution in [0, 0.1) is 6.92 Å². The number of amides is 1. The van der Waals surface area contributed by atoms with E-state index in [4.69, 9.17) is 0 Å². The first-order valence-electron chi connectivity index (χ1n) is 7.46. The van der Waals surface area contributed by atoms with Gasteiger partial charge in [-0.1, -0.05) is 24.3 Å². The summed E-state index contributed by atoms with van der Waals surface area (Å²) in [4.78, 5) is 16.6. The van der Waals surface area contributed by atoms with Crippen LogP contribution in [0.25, 0.3) is 0 Å². The average molecular weight is 382 g/mol. The van der Waals surface area contributed by atoms with Gasteiger partial charge in [0.1, 0.15) is 0 Å². The molecule has 0 aliphatic heterocycles. The van der Waals surface area contributed by atoms with E-state index in [0.29, 0.717) is 5.56 Å². The van der Waals surface area contributed by atoms with Crippen LogP contribution in [-0.2, 0) is 0 Å². The van der Waals surface area contributed by atoms with Gasteiger partial charge in [-0.25, -0.2) is 0 Å². The molecule has 0 aliphatic rings. The summed E-state index contributed by atoms with van der Waals surface area (Å²) >= 11 is 3.49. The number of rotatable bonds is 4. The maximum Gasteiger partial charge on any atom is 0.257 e. The van der Waals surface area contributed by atoms with Gasteiger partial charge in [-0.3, -0.25) is 9.78 Å². The van der Waals surface area contributed by atoms with Crippen molar-refractivity contribution in [2.45, 2.75) is 6.92 Å². The third kappa shape index (κ3) is 4.00. The number of hydrogen-bond acceptors (Lipinski definition) is 3. The Morgan fingerprint density at radius 1 is 1.00 bits per heavy atom. The maximum absolute atomic E-state index is 12.4. The van der Waals surface area contributed by atoms with E-state index in [2.05, 4.69) is 31.5 Å². The van der Waals surface area contributed by atoms with Gasteiger partial charge in [0.25, 0.3) is 5.91 Å². The highest BCUT2D eigenvalue weighted by atomic mass is 79.9. The van der Waals surface area contributed by atoms with E-state index < -0.39 is 0 Å². The highest BCUT2D eigenvalue weighted by molar-refractivity contribution is 9.10. The second-order valence-corrected chi connectivity index (χ2v) is 6.25. The lowest BCUT2D eigenvalue weighted by Crippen LogP contribution is -2.12. The molecule has 0 saturated heterocycles. The standard InChI is InChI=1S/C19H16BrN3O/c1-13-5-4-6-15(9-13)23-19(24)14-10-16(12-21-11-14)22-18-8-3-2-7-17(18)20/h2-12,22H,1H3,(H,23,24). The highest BCUT2D eigenvalue weighted by Gasteiger charge is 2.08. The van der Waals surface area contributed by atoms with Gasteiger partial charge in [0, 0.05) is 16.4 Å². The van der Waals surface area contributed by atoms with Crippen molar-refractivity contribution < 1.29 is 4.79 Å². The molecule has 0 atom stereocenters. The van der Waals surface area contributed by atoms with E-state index >= 15 is 0 Å². The quantitative estimate of drug-likeness (QED) is 0.656. The number of para-hydroxylation sites is 1. The van der Waals surface area contributed by atoms with Crippen molar-refractivity contribution in [1.82, 2.24) is 4.98 Å². The number of aryl methyl sites for hydroxylation is 1. The Hall–Kier alpha value is -2.66. The molecule has 0 bridgehead atoms. The second-order valence-electron chi connectivity index (χ2n) is 5.39. The van der Waals surface area contributed by atoms with Crippen LogP contribution in [0.15, 0.2) is 71.5 Å². The molecule has 5 heteroatoms. The van der Waals surface area contributed by atoms with E-state index in [0.717, 1.165) is 27.1 Å². The molecule has 0 fully saturated rings. The number of hydrogen-bond donors (Lipinski definition) is 2. The Bertz CT molecular complexity index is 880. The Morgan fingerprint density at radius 3 is 2.62 bits per heavy atom. The van der Waals surface area contributed by atoms with Crippen molar-refractivity contribution in [2.24, 2.45) is 0 Å². The minimum Gasteiger partial charge on any atom is -0.353 e. The number of pyridine rings is 1. The molecular formula is C19H16BrN3O. The summed E-state index contributed by atoms with van der Waals surface area (Å²) in [6.45, 7) is 1.99. The van der Waals surface area contributed by atoms with Crippen molar-refractivity contribution in [1.29, 1.82) is 0 Å². The number of carbonyl (C=O) groups is 1. The van der Waals surface area contributed by atoms with E-state index in [-0.39, 0.29) is 5.91 Å². The Kier molecular flexibility index (Phi) is 4.91. The number of nitrogens with one attached hydrogen (secondary N) is 2. The third-order valence-corrected chi connectivity index (χ3v) is 4.12. The lowest BCUT2D eigenvalue weighted by atomic mass is 10.2. The van der Waals surface area contributed by atoms with Gasteiger partial charge in [0.2, 0.25) is 0 Å². The molecule has 0 aliphatic carbocycles. The normalized spacial score (nSPS) is 10.2. The maximum atomic E-state index is 12.4. The fraction of sp³-hybridized carbons (Fsp3) is 0.0526. The Labute approximate surface area is 149 Å². The van der Waals surface area contributed by atoms with Crippen LogP contribution in [0.3, 0.4) is 0 Å². The number of aromatic nitrogens is 1. The summed E-state index contributed by atoms with van der Waals surface area (Å²) in [6.07, 6.45) is 3.24. The Balaban J connectivity index is 1.77. The van der Waals surface area contributed by atoms with E-state index in [1.165, 1.54) is 0 Å². The van der Waals surface area contributed by atoms with Crippen LogP contribution in [0.2, 0.25) is 0 Å². The first kappa shape index (κ1) is 16.2. The number of anilines is 3. The van der Waals surface area contributed by atoms with Gasteiger partial charge < -0.3 is 10.6 Å². The molecule has 4 nitrogen and oxygen atoms in total. The predicted molar refractivity (Wildman–Crippen MR) is 101 cm³/mol. The molecule has 2 aromatic carbocycles. The molecule has 1 heterocycles. The summed E-state index contributed by atoms with van der Waals surface area (Å²) in [6, 6.07) is 17.2. The fourth-order valence-corrected chi connectivity index (χ4v) is 2.66. The first-order valence-corrected chi connectivity index (χ1v) is 8.26. The van der Waals surface area contributed by atoms with E-state index in [1.54, 1.807) is 18.5 Å². The zero-order valence-corrected chi connectivity index (χ0v) is 14.7. The molecule has 0 unspecified atom stereocenters. The summed E-state index contributed by atoms with van der Waals surface area (Å²) in [5.41, 5.74) is 4.02. The molecule has 2 N–H and O–H groups in total. The highest BCUT2D eigenvalue weighted by Crippen LogP contribution is 2.25. The molecule has 24 heavy (non-hydrogen) atoms. The lowest BCUT2D eigenvalue weighted by Gasteiger charge is -2.10. The van der Waals surface area contributed by atoms with Crippen LogP contribution in [-0.4, -0.2) is 10.9 Å². The molecule has 1 amide bonds. The van der Waals surface area contributed by atoms with Gasteiger partial charge in [0.05, 0.1) is 23.1 Å². The number of benzene rings is 2. The van der Waals surface area contributed by atoms with Crippen molar-refractivity contribution in [2.75, 3.05) is 10.6 Å². The molecule has 0 radical (unpaired) electrons. The third-order valence-electron chi connectivity index (χ3n) is 3.43. The minimum atomic E-state index is -0.191. The zero-order valence-electron chi connectivity index (χ0n) is 13.1. The average Bonchev–Trinajstić information content (AvgIpc) is 2.57. The molecule has 3 rings (SSSR count). The van der Waals surface area contributed by atoms with Crippen LogP contribution < -0.4 is 10.6 Å². The van der Waals surface area contributed by atoms with Gasteiger partial charge in [-0.15, -0.1) is 0 Å². The summed E-state index contributed by atoms with van der Waals surface area (Å²) < 4.78 is 0.944. The number of halogens is 1. The van der Waals surface area contributed by atoms with E-state index in [9.17, 15) is 4.79 Å². The zero-order chi connectivity index (χ0) is 16.9. The lowest BCUT2D eigenvalue weighted by molar-refractivity contribution is 0.102. The topological polar surface area (TPSA) is 54.0 Å². The largest absolute Gasteiger partial charge is 0.353 e. The van der Waals surface area contributed by atoms with Crippen LogP contribution in [0.4, 0.5) is 17.1 Å². The van der Waals surface area contributed by atoms with Crippen LogP contribution >= 0.6 is 15.9 Å². The minimum absolute atomic E-state index is 0.191. The van der Waals surface area contributed by atoms with Gasteiger partial charge in [-0.05, 0) is 58.7 Å². The fourth-order valence-electron chi connectivity index (χ4n) is 2.28. The summed E-state index contributed by atoms with van der Waals surface area (Å²) in [5.74, 6) is -0.191. The monoisotopic (exact) mass is 381 g/mol. The van der Waals surface area contributed by atoms with E-state index in [1.807, 2.05) is 55.5 Å². The molecule has 120 valence electrons. The van der Waals surface area contributed by atoms with Crippen molar-refractivity contribution in [3.05, 3.63) is 82.6 Å². The first-order chi connectivity index (χ1) is 11.6. The van der Waals surface area contributed by atoms with Crippen LogP contribution in [0.1, 0.15) is 15.9 Å². The molecule has 1 aromatic heterocycles. The number of carbonyl (C=O) groups excluding carboxylic acids is 1. The van der Waals surface area contributed by atoms with Crippen molar-refractivity contribution >= 4 is 38.9 Å². The number of nitrogens with zero attached hydrogens (tertiary/aromatic N) is 1. The SMILES string of the molecule is Cc1cccc(NC(=O)c2cncc(Nc3ccccc3Br)c2)c1. The van der Waals surface area contributed by atoms with Gasteiger partial charge in [0.15, 0.2) is 0 Å². The molecule has 0 saturated carbocycles.